The number of aryl methyl sites for hydroxylation is 2. The predicted molar refractivity (Wildman–Crippen MR) is 87.7 cm³/mol. The van der Waals surface area contributed by atoms with Gasteiger partial charge in [0.1, 0.15) is 5.75 Å². The van der Waals surface area contributed by atoms with Crippen molar-refractivity contribution >= 4 is 0 Å². The van der Waals surface area contributed by atoms with E-state index in [-0.39, 0.29) is 0 Å². The molecule has 1 unspecified atom stereocenters. The summed E-state index contributed by atoms with van der Waals surface area (Å²) in [7, 11) is 0. The number of aromatic nitrogens is 1. The van der Waals surface area contributed by atoms with Crippen molar-refractivity contribution in [3.63, 3.8) is 0 Å². The number of rotatable bonds is 3. The SMILES string of the molecule is CCC1CCc2ccccc2O1.CCCc1ccccn1. The minimum atomic E-state index is 0.444. The Morgan fingerprint density at radius 2 is 1.90 bits per heavy atom. The third kappa shape index (κ3) is 4.89. The Kier molecular flexibility index (Phi) is 6.26. The maximum atomic E-state index is 5.78. The minimum absolute atomic E-state index is 0.444. The molecule has 1 aromatic carbocycles. The highest BCUT2D eigenvalue weighted by atomic mass is 16.5. The van der Waals surface area contributed by atoms with Gasteiger partial charge in [-0.3, -0.25) is 4.98 Å². The molecule has 0 saturated heterocycles. The molecule has 0 radical (unpaired) electrons. The molecule has 1 aromatic heterocycles. The number of benzene rings is 1. The number of pyridine rings is 1. The average Bonchev–Trinajstić information content (AvgIpc) is 2.56. The van der Waals surface area contributed by atoms with Gasteiger partial charge in [-0.25, -0.2) is 0 Å². The summed E-state index contributed by atoms with van der Waals surface area (Å²) in [5.74, 6) is 1.09. The van der Waals surface area contributed by atoms with Crippen molar-refractivity contribution < 1.29 is 4.74 Å². The van der Waals surface area contributed by atoms with Crippen molar-refractivity contribution in [3.05, 3.63) is 59.9 Å². The van der Waals surface area contributed by atoms with E-state index in [4.69, 9.17) is 4.74 Å². The molecule has 1 atom stereocenters. The van der Waals surface area contributed by atoms with Crippen molar-refractivity contribution in [2.75, 3.05) is 0 Å². The van der Waals surface area contributed by atoms with Crippen LogP contribution in [0.1, 0.15) is 44.4 Å². The van der Waals surface area contributed by atoms with Crippen LogP contribution >= 0.6 is 0 Å². The van der Waals surface area contributed by atoms with E-state index in [1.807, 2.05) is 24.4 Å². The second-order valence-corrected chi connectivity index (χ2v) is 5.37. The van der Waals surface area contributed by atoms with Gasteiger partial charge in [-0.15, -0.1) is 0 Å². The monoisotopic (exact) mass is 283 g/mol. The molecule has 3 rings (SSSR count). The van der Waals surface area contributed by atoms with Gasteiger partial charge in [0.2, 0.25) is 0 Å². The summed E-state index contributed by atoms with van der Waals surface area (Å²) in [6.07, 6.45) is 8.03. The highest BCUT2D eigenvalue weighted by molar-refractivity contribution is 5.34. The number of hydrogen-bond donors (Lipinski definition) is 0. The number of nitrogens with zero attached hydrogens (tertiary/aromatic N) is 1. The lowest BCUT2D eigenvalue weighted by molar-refractivity contribution is 0.169. The fourth-order valence-corrected chi connectivity index (χ4v) is 2.47. The summed E-state index contributed by atoms with van der Waals surface area (Å²) in [4.78, 5) is 4.17. The Hall–Kier alpha value is -1.83. The van der Waals surface area contributed by atoms with Gasteiger partial charge in [0, 0.05) is 11.9 Å². The molecule has 0 spiro atoms. The third-order valence-corrected chi connectivity index (χ3v) is 3.69. The van der Waals surface area contributed by atoms with E-state index >= 15 is 0 Å². The second-order valence-electron chi connectivity index (χ2n) is 5.37. The highest BCUT2D eigenvalue weighted by Gasteiger charge is 2.16. The topological polar surface area (TPSA) is 22.1 Å². The van der Waals surface area contributed by atoms with Crippen molar-refractivity contribution in [1.29, 1.82) is 0 Å². The maximum Gasteiger partial charge on any atom is 0.122 e. The molecule has 2 heteroatoms. The molecule has 21 heavy (non-hydrogen) atoms. The summed E-state index contributed by atoms with van der Waals surface area (Å²) < 4.78 is 5.78. The van der Waals surface area contributed by atoms with Gasteiger partial charge in [-0.2, -0.15) is 0 Å². The molecule has 2 aromatic rings. The first kappa shape index (κ1) is 15.6. The van der Waals surface area contributed by atoms with Crippen LogP contribution in [0, 0.1) is 0 Å². The summed E-state index contributed by atoms with van der Waals surface area (Å²) >= 11 is 0. The summed E-state index contributed by atoms with van der Waals surface area (Å²) in [6.45, 7) is 4.34. The highest BCUT2D eigenvalue weighted by Crippen LogP contribution is 2.27. The van der Waals surface area contributed by atoms with Crippen molar-refractivity contribution in [2.24, 2.45) is 0 Å². The summed E-state index contributed by atoms with van der Waals surface area (Å²) in [5, 5.41) is 0. The second kappa shape index (κ2) is 8.46. The lowest BCUT2D eigenvalue weighted by atomic mass is 10.0. The van der Waals surface area contributed by atoms with Gasteiger partial charge in [0.25, 0.3) is 0 Å². The van der Waals surface area contributed by atoms with Crippen molar-refractivity contribution in [1.82, 2.24) is 4.98 Å². The molecule has 0 fully saturated rings. The summed E-state index contributed by atoms with van der Waals surface area (Å²) in [5.41, 5.74) is 2.56. The van der Waals surface area contributed by atoms with Crippen LogP contribution in [0.15, 0.2) is 48.7 Å². The molecule has 2 nitrogen and oxygen atoms in total. The number of ether oxygens (including phenoxy) is 1. The summed E-state index contributed by atoms with van der Waals surface area (Å²) in [6, 6.07) is 14.4. The van der Waals surface area contributed by atoms with E-state index in [9.17, 15) is 0 Å². The van der Waals surface area contributed by atoms with Gasteiger partial charge < -0.3 is 4.74 Å². The minimum Gasteiger partial charge on any atom is -0.490 e. The van der Waals surface area contributed by atoms with E-state index in [1.165, 1.54) is 30.5 Å². The van der Waals surface area contributed by atoms with Crippen LogP contribution in [0.25, 0.3) is 0 Å². The standard InChI is InChI=1S/C11H14O.C8H11N/c1-2-10-8-7-9-5-3-4-6-11(9)12-10;1-2-5-8-6-3-4-7-9-8/h3-6,10H,2,7-8H2,1H3;3-4,6-7H,2,5H2,1H3. The van der Waals surface area contributed by atoms with Gasteiger partial charge >= 0.3 is 0 Å². The van der Waals surface area contributed by atoms with Gasteiger partial charge in [-0.05, 0) is 49.4 Å². The Morgan fingerprint density at radius 3 is 2.62 bits per heavy atom. The maximum absolute atomic E-state index is 5.78. The largest absolute Gasteiger partial charge is 0.490 e. The van der Waals surface area contributed by atoms with E-state index < -0.39 is 0 Å². The number of fused-ring (bicyclic) bond motifs is 1. The van der Waals surface area contributed by atoms with Crippen LogP contribution in [0.4, 0.5) is 0 Å². The van der Waals surface area contributed by atoms with Crippen molar-refractivity contribution in [2.45, 2.75) is 52.1 Å². The zero-order valence-electron chi connectivity index (χ0n) is 13.1. The van der Waals surface area contributed by atoms with E-state index in [0.717, 1.165) is 18.6 Å². The van der Waals surface area contributed by atoms with Crippen LogP contribution in [0.5, 0.6) is 5.75 Å². The van der Waals surface area contributed by atoms with Crippen LogP contribution < -0.4 is 4.74 Å². The van der Waals surface area contributed by atoms with Crippen LogP contribution in [0.3, 0.4) is 0 Å². The van der Waals surface area contributed by atoms with Crippen LogP contribution in [-0.2, 0) is 12.8 Å². The molecule has 0 N–H and O–H groups in total. The quantitative estimate of drug-likeness (QED) is 0.805. The lowest BCUT2D eigenvalue weighted by Crippen LogP contribution is -2.21. The molecule has 112 valence electrons. The Labute approximate surface area is 128 Å². The fourth-order valence-electron chi connectivity index (χ4n) is 2.47. The lowest BCUT2D eigenvalue weighted by Gasteiger charge is -2.24. The molecule has 2 heterocycles. The van der Waals surface area contributed by atoms with E-state index in [0.29, 0.717) is 6.10 Å². The zero-order chi connectivity index (χ0) is 14.9. The normalized spacial score (nSPS) is 16.2. The Bertz CT molecular complexity index is 524. The Balaban J connectivity index is 0.000000161. The molecule has 1 aliphatic heterocycles. The first-order valence-electron chi connectivity index (χ1n) is 7.98. The average molecular weight is 283 g/mol. The van der Waals surface area contributed by atoms with Gasteiger partial charge in [0.05, 0.1) is 6.10 Å². The Morgan fingerprint density at radius 1 is 1.10 bits per heavy atom. The fraction of sp³-hybridized carbons (Fsp3) is 0.421. The third-order valence-electron chi connectivity index (χ3n) is 3.69. The first-order chi connectivity index (χ1) is 10.3. The smallest absolute Gasteiger partial charge is 0.122 e. The predicted octanol–water partition coefficient (Wildman–Crippen LogP) is 4.82. The zero-order valence-corrected chi connectivity index (χ0v) is 13.1. The first-order valence-corrected chi connectivity index (χ1v) is 7.98. The molecule has 0 amide bonds. The molecule has 0 aliphatic carbocycles. The van der Waals surface area contributed by atoms with E-state index in [1.54, 1.807) is 0 Å². The molecule has 1 aliphatic rings. The van der Waals surface area contributed by atoms with E-state index in [2.05, 4.69) is 43.1 Å². The van der Waals surface area contributed by atoms with Gasteiger partial charge in [0.15, 0.2) is 0 Å². The number of hydrogen-bond acceptors (Lipinski definition) is 2. The number of para-hydroxylation sites is 1. The molecule has 0 bridgehead atoms. The molecular weight excluding hydrogens is 258 g/mol. The molecule has 0 saturated carbocycles. The van der Waals surface area contributed by atoms with Crippen molar-refractivity contribution in [3.8, 4) is 5.75 Å². The molecular formula is C19H25NO. The van der Waals surface area contributed by atoms with Crippen LogP contribution in [-0.4, -0.2) is 11.1 Å². The van der Waals surface area contributed by atoms with Gasteiger partial charge in [-0.1, -0.05) is 44.5 Å². The van der Waals surface area contributed by atoms with Crippen LogP contribution in [0.2, 0.25) is 0 Å².